The van der Waals surface area contributed by atoms with Crippen LogP contribution in [0.15, 0.2) is 0 Å². The van der Waals surface area contributed by atoms with Crippen LogP contribution in [0.2, 0.25) is 0 Å². The van der Waals surface area contributed by atoms with Gasteiger partial charge in [0.15, 0.2) is 0 Å². The van der Waals surface area contributed by atoms with E-state index in [2.05, 4.69) is 66.9 Å². The van der Waals surface area contributed by atoms with Crippen molar-refractivity contribution in [3.63, 3.8) is 0 Å². The molecule has 0 bridgehead atoms. The average molecular weight is 2270 g/mol. The number of rotatable bonds is 2. The van der Waals surface area contributed by atoms with Crippen molar-refractivity contribution in [1.82, 2.24) is 0 Å². The van der Waals surface area contributed by atoms with E-state index in [1.54, 1.807) is 0 Å². The summed E-state index contributed by atoms with van der Waals surface area (Å²) in [7, 11) is -72.8. The van der Waals surface area contributed by atoms with Crippen LogP contribution in [0.3, 0.4) is 0 Å². The fourth-order valence-electron chi connectivity index (χ4n) is 7.45. The average Bonchev–Trinajstić information content (AvgIpc) is 0.878. The zero-order valence-corrected chi connectivity index (χ0v) is 75.4. The maximum atomic E-state index is 12.8. The van der Waals surface area contributed by atoms with Crippen molar-refractivity contribution < 1.29 is 303 Å². The Labute approximate surface area is 709 Å². The molecule has 0 aromatic rings. The molecule has 0 atom stereocenters. The predicted molar refractivity (Wildman–Crippen MR) is 358 cm³/mol. The normalized spacial score (nSPS) is 27.9. The zero-order valence-electron chi connectivity index (χ0n) is 62.3. The Morgan fingerprint density at radius 1 is 0.219 bits per heavy atom. The summed E-state index contributed by atoms with van der Waals surface area (Å²) >= 11 is 0. The molecule has 0 spiro atoms. The van der Waals surface area contributed by atoms with Crippen molar-refractivity contribution in [2.75, 3.05) is 86.0 Å². The van der Waals surface area contributed by atoms with E-state index in [-0.39, 0.29) is 53.9 Å². The van der Waals surface area contributed by atoms with Crippen LogP contribution in [0.5, 0.6) is 0 Å². The van der Waals surface area contributed by atoms with Crippen LogP contribution in [-0.4, -0.2) is 311 Å². The lowest BCUT2D eigenvalue weighted by atomic mass is 10.3. The summed E-state index contributed by atoms with van der Waals surface area (Å²) in [6.45, 7) is -1.85. The van der Waals surface area contributed by atoms with Crippen molar-refractivity contribution >= 4 is 162 Å². The van der Waals surface area contributed by atoms with Crippen molar-refractivity contribution in [2.24, 2.45) is 0 Å². The molecule has 48 nitrogen and oxygen atoms in total. The summed E-state index contributed by atoms with van der Waals surface area (Å²) in [6, 6.07) is 0. The predicted octanol–water partition coefficient (Wildman–Crippen LogP) is 0.560. The highest BCUT2D eigenvalue weighted by Gasteiger charge is 2.66. The van der Waals surface area contributed by atoms with Gasteiger partial charge in [-0.2, -0.15) is 227 Å². The molecule has 0 saturated carbocycles. The molecule has 0 N–H and O–H groups in total. The Morgan fingerprint density at radius 2 is 0.383 bits per heavy atom. The summed E-state index contributed by atoms with van der Waals surface area (Å²) < 4.78 is 694. The molecule has 0 aromatic carbocycles. The highest BCUT2D eigenvalue weighted by Crippen LogP contribution is 2.44. The molecule has 0 aliphatic carbocycles. The van der Waals surface area contributed by atoms with E-state index >= 15 is 0 Å². The van der Waals surface area contributed by atoms with E-state index < -0.39 is 358 Å². The zero-order chi connectivity index (χ0) is 102. The standard InChI is InChI=1S/C8H13F3O6S2.C6H9F3O6S2.3C5H7F3O6S2.2C4H5F3O6S2.C4H6F2O6S2/c1-7(8(9,10)11)16-18(12,13)5-3-2-4-6-19(14,15)17-7;1-5(6(7,8)9)14-16(10,11)3-2-4-17(12,13)15-5;2*1-4(5(6,7)8)13-15(9,10)2-3-16(11,12)14-4;6-5(7,8)3-4-13-15(9,10)1-2-16(11,12)14-4;1-3(4(5,6)7)12-14(8,9)2-15(10,11)13-3;5-4(6,7)1-3-12-14(8,9)2-15(10,11)13-3;5-4(6)1-11-13(7,8)3-14(9,10)12-2-4/h2-6H2,1H3;2-4H2,1H3;2*2-3H2,1H3;4H,1-3H2;2H2,1H3;3H,1-2H2;1-3H2. The quantitative estimate of drug-likeness (QED) is 0.269. The Morgan fingerprint density at radius 3 is 0.586 bits per heavy atom. The Hall–Kier alpha value is -3.05. The van der Waals surface area contributed by atoms with E-state index in [4.69, 9.17) is 0 Å². The lowest BCUT2D eigenvalue weighted by Gasteiger charge is -2.32. The summed E-state index contributed by atoms with van der Waals surface area (Å²) in [5.41, 5.74) is 0. The largest absolute Gasteiger partial charge is 0.445 e. The third-order valence-electron chi connectivity index (χ3n) is 12.8. The maximum absolute atomic E-state index is 12.8. The molecule has 8 saturated heterocycles. The van der Waals surface area contributed by atoms with Gasteiger partial charge in [-0.1, -0.05) is 6.42 Å². The molecule has 8 fully saturated rings. The fourth-order valence-corrected chi connectivity index (χ4v) is 30.0. The monoisotopic (exact) mass is 2270 g/mol. The summed E-state index contributed by atoms with van der Waals surface area (Å²) in [5.74, 6) is -31.3. The second kappa shape index (κ2) is 40.9. The van der Waals surface area contributed by atoms with Crippen molar-refractivity contribution in [2.45, 2.75) is 164 Å². The highest BCUT2D eigenvalue weighted by molar-refractivity contribution is 8.05. The van der Waals surface area contributed by atoms with Crippen LogP contribution in [0.1, 0.15) is 73.1 Å². The molecule has 128 heavy (non-hydrogen) atoms. The van der Waals surface area contributed by atoms with Gasteiger partial charge in [0.1, 0.15) is 13.2 Å². The summed E-state index contributed by atoms with van der Waals surface area (Å²) in [6.07, 6.45) is -44.6. The number of alkyl halides is 23. The molecule has 8 heterocycles. The third kappa shape index (κ3) is 44.4. The minimum Gasteiger partial charge on any atom is -0.263 e. The Bertz CT molecular complexity index is 5500. The summed E-state index contributed by atoms with van der Waals surface area (Å²) in [4.78, 5) is 0. The molecule has 0 radical (unpaired) electrons. The van der Waals surface area contributed by atoms with Gasteiger partial charge in [0.2, 0.25) is 27.8 Å². The number of hydrogen-bond donors (Lipinski definition) is 0. The first-order chi connectivity index (χ1) is 55.5. The molecular formula is C41H59F23O48S16. The molecule has 0 amide bonds. The smallest absolute Gasteiger partial charge is 0.263 e. The van der Waals surface area contributed by atoms with Crippen molar-refractivity contribution in [3.8, 4) is 0 Å². The second-order valence-corrected chi connectivity index (χ2v) is 52.7. The molecular weight excluding hydrogens is 2210 g/mol. The van der Waals surface area contributed by atoms with Gasteiger partial charge in [-0.15, -0.1) is 0 Å². The molecule has 8 rings (SSSR count). The first-order valence-corrected chi connectivity index (χ1v) is 56.2. The minimum atomic E-state index is -5.31. The van der Waals surface area contributed by atoms with Crippen molar-refractivity contribution in [1.29, 1.82) is 0 Å². The van der Waals surface area contributed by atoms with Crippen LogP contribution >= 0.6 is 0 Å². The highest BCUT2D eigenvalue weighted by atomic mass is 32.3. The van der Waals surface area contributed by atoms with Crippen LogP contribution < -0.4 is 0 Å². The third-order valence-corrected chi connectivity index (χ3v) is 36.6. The molecule has 8 aliphatic heterocycles. The van der Waals surface area contributed by atoms with E-state index in [1.165, 1.54) is 0 Å². The SMILES string of the molecule is CC1(C(F)(F)F)OS(=O)(=O)CCCCCS(=O)(=O)O1.CC1(C(F)(F)F)OS(=O)(=O)CCCS(=O)(=O)O1.CC1(C(F)(F)F)OS(=O)(=O)CCS(=O)(=O)O1.CC1(C(F)(F)F)OS(=O)(=O)CCS(=O)(=O)O1.CC1(C(F)(F)F)OS(=O)(=O)CS(=O)(=O)O1.O=S1(=O)CCS(=O)(=O)OC(CC(F)(F)F)O1.O=S1(=O)CS(=O)(=O)OC(CC(F)(F)F)O1.O=S1(=O)CS(=O)(=O)OCC(F)(F)CO1. The van der Waals surface area contributed by atoms with Gasteiger partial charge in [0.25, 0.3) is 197 Å². The maximum Gasteiger partial charge on any atom is 0.445 e. The van der Waals surface area contributed by atoms with Crippen LogP contribution in [0.25, 0.3) is 0 Å². The molecule has 0 aromatic heterocycles. The van der Waals surface area contributed by atoms with Gasteiger partial charge in [-0.3, -0.25) is 8.37 Å². The van der Waals surface area contributed by atoms with Crippen LogP contribution in [-0.2, 0) is 229 Å². The number of halogens is 23. The van der Waals surface area contributed by atoms with Gasteiger partial charge >= 0.3 is 43.2 Å². The summed E-state index contributed by atoms with van der Waals surface area (Å²) in [5, 5.41) is -4.56. The van der Waals surface area contributed by atoms with Gasteiger partial charge in [-0.25, -0.2) is 67.3 Å². The van der Waals surface area contributed by atoms with Gasteiger partial charge in [-0.05, 0) is 19.3 Å². The fraction of sp³-hybridized carbons (Fsp3) is 1.00. The molecule has 87 heteroatoms. The molecule has 768 valence electrons. The van der Waals surface area contributed by atoms with E-state index in [9.17, 15) is 236 Å². The van der Waals surface area contributed by atoms with Gasteiger partial charge in [0, 0.05) is 34.6 Å². The number of hydrogen-bond acceptors (Lipinski definition) is 48. The minimum absolute atomic E-state index is 0.0196. The Kier molecular flexibility index (Phi) is 39.3. The first-order valence-electron chi connectivity index (χ1n) is 31.0. The van der Waals surface area contributed by atoms with E-state index in [0.717, 1.165) is 0 Å². The lowest BCUT2D eigenvalue weighted by molar-refractivity contribution is -0.313. The topological polar surface area (TPSA) is 694 Å². The van der Waals surface area contributed by atoms with E-state index in [0.29, 0.717) is 0 Å². The first kappa shape index (κ1) is 123. The van der Waals surface area contributed by atoms with Crippen LogP contribution in [0.4, 0.5) is 101 Å². The Balaban J connectivity index is 0.000000732. The molecule has 8 aliphatic rings. The lowest BCUT2D eigenvalue weighted by Crippen LogP contribution is -2.54. The van der Waals surface area contributed by atoms with E-state index in [1.807, 2.05) is 0 Å². The molecule has 0 unspecified atom stereocenters. The van der Waals surface area contributed by atoms with Crippen molar-refractivity contribution in [3.05, 3.63) is 0 Å². The van der Waals surface area contributed by atoms with Gasteiger partial charge in [0.05, 0.1) is 70.4 Å². The van der Waals surface area contributed by atoms with Gasteiger partial charge < -0.3 is 0 Å². The second-order valence-electron chi connectivity index (χ2n) is 25.0. The van der Waals surface area contributed by atoms with Crippen LogP contribution in [0, 0.1) is 0 Å².